The van der Waals surface area contributed by atoms with Gasteiger partial charge in [-0.1, -0.05) is 13.3 Å². The van der Waals surface area contributed by atoms with Crippen molar-refractivity contribution in [2.45, 2.75) is 57.2 Å². The third kappa shape index (κ3) is 3.10. The summed E-state index contributed by atoms with van der Waals surface area (Å²) in [4.78, 5) is 11.5. The van der Waals surface area contributed by atoms with Crippen LogP contribution in [-0.4, -0.2) is 52.8 Å². The zero-order valence-corrected chi connectivity index (χ0v) is 13.4. The van der Waals surface area contributed by atoms with Crippen molar-refractivity contribution >= 4 is 5.95 Å². The summed E-state index contributed by atoms with van der Waals surface area (Å²) in [5.41, 5.74) is 1.22. The minimum Gasteiger partial charge on any atom is -0.375 e. The fourth-order valence-corrected chi connectivity index (χ4v) is 3.79. The fraction of sp³-hybridized carbons (Fsp3) is 0.765. The van der Waals surface area contributed by atoms with E-state index in [4.69, 9.17) is 4.74 Å². The molecule has 3 atom stereocenters. The van der Waals surface area contributed by atoms with Gasteiger partial charge in [0.15, 0.2) is 0 Å². The van der Waals surface area contributed by atoms with Crippen molar-refractivity contribution in [3.63, 3.8) is 0 Å². The van der Waals surface area contributed by atoms with Crippen LogP contribution in [0.1, 0.15) is 38.2 Å². The Morgan fingerprint density at radius 2 is 2.09 bits per heavy atom. The molecule has 1 aromatic heterocycles. The first-order valence-electron chi connectivity index (χ1n) is 8.75. The molecule has 5 heteroatoms. The standard InChI is InChI=1S/C17H26N4O/c1-2-3-12-7-18-17(19-8-12)20-14-6-15-11-22-16(13-4-5-13)10-21(15)9-14/h7-8,13-16H,2-6,9-11H2,1H3,(H,18,19,20)/t14-,15-,16+/m0/s1. The molecular formula is C17H26N4O. The molecule has 0 unspecified atom stereocenters. The summed E-state index contributed by atoms with van der Waals surface area (Å²) in [7, 11) is 0. The minimum atomic E-state index is 0.448. The maximum atomic E-state index is 6.06. The Morgan fingerprint density at radius 3 is 2.82 bits per heavy atom. The molecule has 120 valence electrons. The SMILES string of the molecule is CCCc1cnc(N[C@H]2C[C@H]3CO[C@@H](C4CC4)CN3C2)nc1. The van der Waals surface area contributed by atoms with Gasteiger partial charge in [-0.15, -0.1) is 0 Å². The van der Waals surface area contributed by atoms with Crippen molar-refractivity contribution in [1.82, 2.24) is 14.9 Å². The molecule has 0 radical (unpaired) electrons. The number of anilines is 1. The second-order valence-electron chi connectivity index (χ2n) is 7.06. The molecule has 0 amide bonds. The van der Waals surface area contributed by atoms with Gasteiger partial charge in [-0.2, -0.15) is 0 Å². The van der Waals surface area contributed by atoms with E-state index in [0.717, 1.165) is 50.8 Å². The van der Waals surface area contributed by atoms with Crippen molar-refractivity contribution in [3.8, 4) is 0 Å². The number of rotatable bonds is 5. The van der Waals surface area contributed by atoms with Crippen LogP contribution in [0.25, 0.3) is 0 Å². The first kappa shape index (κ1) is 14.4. The number of hydrogen-bond acceptors (Lipinski definition) is 5. The number of nitrogens with zero attached hydrogens (tertiary/aromatic N) is 3. The molecule has 3 fully saturated rings. The van der Waals surface area contributed by atoms with Gasteiger partial charge in [0.2, 0.25) is 5.95 Å². The molecule has 2 saturated heterocycles. The average Bonchev–Trinajstić information content (AvgIpc) is 3.30. The summed E-state index contributed by atoms with van der Waals surface area (Å²) >= 11 is 0. The molecule has 2 aliphatic heterocycles. The first-order valence-corrected chi connectivity index (χ1v) is 8.75. The van der Waals surface area contributed by atoms with E-state index >= 15 is 0 Å². The van der Waals surface area contributed by atoms with Crippen LogP contribution in [0.4, 0.5) is 5.95 Å². The molecule has 4 rings (SSSR count). The third-order valence-electron chi connectivity index (χ3n) is 5.17. The summed E-state index contributed by atoms with van der Waals surface area (Å²) in [6.45, 7) is 5.29. The second kappa shape index (κ2) is 6.13. The van der Waals surface area contributed by atoms with Crippen LogP contribution < -0.4 is 5.32 Å². The van der Waals surface area contributed by atoms with Gasteiger partial charge in [-0.05, 0) is 37.2 Å². The fourth-order valence-electron chi connectivity index (χ4n) is 3.79. The highest BCUT2D eigenvalue weighted by atomic mass is 16.5. The number of hydrogen-bond donors (Lipinski definition) is 1. The molecule has 1 N–H and O–H groups in total. The van der Waals surface area contributed by atoms with Crippen LogP contribution in [0, 0.1) is 5.92 Å². The summed E-state index contributed by atoms with van der Waals surface area (Å²) < 4.78 is 6.06. The van der Waals surface area contributed by atoms with Crippen LogP contribution >= 0.6 is 0 Å². The van der Waals surface area contributed by atoms with Crippen molar-refractivity contribution in [1.29, 1.82) is 0 Å². The van der Waals surface area contributed by atoms with Gasteiger partial charge < -0.3 is 10.1 Å². The average molecular weight is 302 g/mol. The maximum absolute atomic E-state index is 6.06. The Balaban J connectivity index is 1.32. The second-order valence-corrected chi connectivity index (χ2v) is 7.06. The molecule has 0 aromatic carbocycles. The van der Waals surface area contributed by atoms with Crippen molar-refractivity contribution in [2.75, 3.05) is 25.0 Å². The highest BCUT2D eigenvalue weighted by Gasteiger charge is 2.42. The van der Waals surface area contributed by atoms with E-state index in [-0.39, 0.29) is 0 Å². The predicted molar refractivity (Wildman–Crippen MR) is 85.9 cm³/mol. The lowest BCUT2D eigenvalue weighted by Crippen LogP contribution is -2.47. The Kier molecular flexibility index (Phi) is 4.01. The number of ether oxygens (including phenoxy) is 1. The summed E-state index contributed by atoms with van der Waals surface area (Å²) in [5, 5.41) is 3.51. The van der Waals surface area contributed by atoms with E-state index in [9.17, 15) is 0 Å². The van der Waals surface area contributed by atoms with Gasteiger partial charge in [0.05, 0.1) is 12.7 Å². The number of fused-ring (bicyclic) bond motifs is 1. The monoisotopic (exact) mass is 302 g/mol. The highest BCUT2D eigenvalue weighted by molar-refractivity contribution is 5.27. The van der Waals surface area contributed by atoms with Crippen LogP contribution in [0.5, 0.6) is 0 Å². The van der Waals surface area contributed by atoms with Crippen LogP contribution in [-0.2, 0) is 11.2 Å². The Morgan fingerprint density at radius 1 is 1.27 bits per heavy atom. The Hall–Kier alpha value is -1.20. The summed E-state index contributed by atoms with van der Waals surface area (Å²) in [5.74, 6) is 1.60. The molecule has 1 saturated carbocycles. The normalized spacial score (nSPS) is 32.0. The van der Waals surface area contributed by atoms with Gasteiger partial charge in [-0.25, -0.2) is 9.97 Å². The van der Waals surface area contributed by atoms with Crippen LogP contribution in [0.2, 0.25) is 0 Å². The molecule has 22 heavy (non-hydrogen) atoms. The lowest BCUT2D eigenvalue weighted by Gasteiger charge is -2.35. The molecule has 3 aliphatic rings. The minimum absolute atomic E-state index is 0.448. The largest absolute Gasteiger partial charge is 0.375 e. The molecule has 1 aliphatic carbocycles. The number of aromatic nitrogens is 2. The number of aryl methyl sites for hydroxylation is 1. The topological polar surface area (TPSA) is 50.3 Å². The van der Waals surface area contributed by atoms with E-state index < -0.39 is 0 Å². The number of nitrogens with one attached hydrogen (secondary N) is 1. The van der Waals surface area contributed by atoms with E-state index in [1.807, 2.05) is 12.4 Å². The molecule has 0 spiro atoms. The first-order chi connectivity index (χ1) is 10.8. The summed E-state index contributed by atoms with van der Waals surface area (Å²) in [6, 6.07) is 1.02. The third-order valence-corrected chi connectivity index (χ3v) is 5.17. The van der Waals surface area contributed by atoms with Gasteiger partial charge in [-0.3, -0.25) is 4.90 Å². The van der Waals surface area contributed by atoms with E-state index in [2.05, 4.69) is 27.1 Å². The predicted octanol–water partition coefficient (Wildman–Crippen LogP) is 2.09. The van der Waals surface area contributed by atoms with Crippen molar-refractivity contribution in [3.05, 3.63) is 18.0 Å². The van der Waals surface area contributed by atoms with E-state index in [1.54, 1.807) is 0 Å². The molecule has 0 bridgehead atoms. The van der Waals surface area contributed by atoms with E-state index in [1.165, 1.54) is 18.4 Å². The van der Waals surface area contributed by atoms with Crippen molar-refractivity contribution in [2.24, 2.45) is 5.92 Å². The Bertz CT molecular complexity index is 502. The number of morpholine rings is 1. The zero-order chi connectivity index (χ0) is 14.9. The van der Waals surface area contributed by atoms with Crippen LogP contribution in [0.15, 0.2) is 12.4 Å². The zero-order valence-electron chi connectivity index (χ0n) is 13.4. The van der Waals surface area contributed by atoms with Crippen LogP contribution in [0.3, 0.4) is 0 Å². The molecule has 1 aromatic rings. The summed E-state index contributed by atoms with van der Waals surface area (Å²) in [6.07, 6.45) is 10.4. The molecule has 3 heterocycles. The lowest BCUT2D eigenvalue weighted by atomic mass is 10.1. The van der Waals surface area contributed by atoms with Gasteiger partial charge >= 0.3 is 0 Å². The van der Waals surface area contributed by atoms with Gasteiger partial charge in [0.1, 0.15) is 0 Å². The maximum Gasteiger partial charge on any atom is 0.222 e. The quantitative estimate of drug-likeness (QED) is 0.902. The smallest absolute Gasteiger partial charge is 0.222 e. The highest BCUT2D eigenvalue weighted by Crippen LogP contribution is 2.38. The van der Waals surface area contributed by atoms with E-state index in [0.29, 0.717) is 18.2 Å². The molecule has 5 nitrogen and oxygen atoms in total. The van der Waals surface area contributed by atoms with Crippen molar-refractivity contribution < 1.29 is 4.74 Å². The Labute approximate surface area is 132 Å². The lowest BCUT2D eigenvalue weighted by molar-refractivity contribution is -0.0581. The molecular weight excluding hydrogens is 276 g/mol. The van der Waals surface area contributed by atoms with Gasteiger partial charge in [0, 0.05) is 37.6 Å². The van der Waals surface area contributed by atoms with Gasteiger partial charge in [0.25, 0.3) is 0 Å².